The molecule has 22 heavy (non-hydrogen) atoms. The molecular weight excluding hydrogens is 322 g/mol. The van der Waals surface area contributed by atoms with Crippen LogP contribution in [0.4, 0.5) is 5.69 Å². The lowest BCUT2D eigenvalue weighted by atomic mass is 10.3. The molecule has 0 amide bonds. The summed E-state index contributed by atoms with van der Waals surface area (Å²) in [6, 6.07) is 8.70. The van der Waals surface area contributed by atoms with E-state index in [4.69, 9.17) is 4.74 Å². The van der Waals surface area contributed by atoms with Crippen molar-refractivity contribution in [3.63, 3.8) is 0 Å². The fourth-order valence-corrected chi connectivity index (χ4v) is 4.30. The van der Waals surface area contributed by atoms with E-state index in [0.717, 1.165) is 17.0 Å². The van der Waals surface area contributed by atoms with Gasteiger partial charge in [0.1, 0.15) is 5.75 Å². The van der Waals surface area contributed by atoms with E-state index in [0.29, 0.717) is 11.4 Å². The molecule has 0 aliphatic carbocycles. The van der Waals surface area contributed by atoms with Crippen LogP contribution in [0, 0.1) is 0 Å². The molecule has 2 heterocycles. The van der Waals surface area contributed by atoms with E-state index >= 15 is 0 Å². The third kappa shape index (κ3) is 2.83. The predicted octanol–water partition coefficient (Wildman–Crippen LogP) is 2.74. The Morgan fingerprint density at radius 2 is 2.18 bits per heavy atom. The molecule has 0 unspecified atom stereocenters. The minimum absolute atomic E-state index is 0.156. The number of ether oxygens (including phenoxy) is 1. The SMILES string of the molecule is COc1ccsc1S(=O)(=O)Nc1cccc(-n2ccnc2)c1. The Morgan fingerprint density at radius 3 is 2.91 bits per heavy atom. The van der Waals surface area contributed by atoms with E-state index in [1.807, 2.05) is 6.07 Å². The van der Waals surface area contributed by atoms with Crippen LogP contribution >= 0.6 is 11.3 Å². The highest BCUT2D eigenvalue weighted by Crippen LogP contribution is 2.31. The van der Waals surface area contributed by atoms with Crippen LogP contribution in [0.2, 0.25) is 0 Å². The lowest BCUT2D eigenvalue weighted by Crippen LogP contribution is -2.12. The standard InChI is InChI=1S/C14H13N3O3S2/c1-20-13-5-8-21-14(13)22(18,19)16-11-3-2-4-12(9-11)17-7-6-15-10-17/h2-10,16H,1H3. The summed E-state index contributed by atoms with van der Waals surface area (Å²) in [6.07, 6.45) is 5.10. The number of sulfonamides is 1. The molecule has 1 aromatic carbocycles. The summed E-state index contributed by atoms with van der Waals surface area (Å²) >= 11 is 1.11. The zero-order valence-electron chi connectivity index (χ0n) is 11.6. The molecule has 0 saturated heterocycles. The highest BCUT2D eigenvalue weighted by atomic mass is 32.2. The third-order valence-electron chi connectivity index (χ3n) is 2.96. The van der Waals surface area contributed by atoms with Gasteiger partial charge in [0.25, 0.3) is 10.0 Å². The van der Waals surface area contributed by atoms with Crippen molar-refractivity contribution >= 4 is 27.0 Å². The predicted molar refractivity (Wildman–Crippen MR) is 85.2 cm³/mol. The van der Waals surface area contributed by atoms with Gasteiger partial charge < -0.3 is 9.30 Å². The quantitative estimate of drug-likeness (QED) is 0.778. The number of rotatable bonds is 5. The highest BCUT2D eigenvalue weighted by molar-refractivity contribution is 7.94. The van der Waals surface area contributed by atoms with Crippen LogP contribution < -0.4 is 9.46 Å². The van der Waals surface area contributed by atoms with E-state index in [1.165, 1.54) is 7.11 Å². The fraction of sp³-hybridized carbons (Fsp3) is 0.0714. The summed E-state index contributed by atoms with van der Waals surface area (Å²) in [5.74, 6) is 0.336. The van der Waals surface area contributed by atoms with Gasteiger partial charge in [0.2, 0.25) is 0 Å². The largest absolute Gasteiger partial charge is 0.494 e. The number of hydrogen-bond donors (Lipinski definition) is 1. The number of hydrogen-bond acceptors (Lipinski definition) is 5. The van der Waals surface area contributed by atoms with E-state index < -0.39 is 10.0 Å². The van der Waals surface area contributed by atoms with Crippen LogP contribution in [0.5, 0.6) is 5.75 Å². The molecule has 0 spiro atoms. The van der Waals surface area contributed by atoms with Gasteiger partial charge in [-0.25, -0.2) is 13.4 Å². The Balaban J connectivity index is 1.91. The monoisotopic (exact) mass is 335 g/mol. The van der Waals surface area contributed by atoms with Crippen LogP contribution in [-0.4, -0.2) is 25.1 Å². The average Bonchev–Trinajstić information content (AvgIpc) is 3.18. The number of anilines is 1. The smallest absolute Gasteiger partial charge is 0.275 e. The molecule has 0 fully saturated rings. The van der Waals surface area contributed by atoms with Crippen LogP contribution in [0.15, 0.2) is 58.6 Å². The first-order chi connectivity index (χ1) is 10.6. The van der Waals surface area contributed by atoms with E-state index in [2.05, 4.69) is 9.71 Å². The first-order valence-electron chi connectivity index (χ1n) is 6.33. The second-order valence-corrected chi connectivity index (χ2v) is 7.20. The average molecular weight is 335 g/mol. The molecule has 6 nitrogen and oxygen atoms in total. The van der Waals surface area contributed by atoms with Crippen LogP contribution in [0.3, 0.4) is 0 Å². The molecule has 0 saturated carbocycles. The third-order valence-corrected chi connectivity index (χ3v) is 5.79. The molecular formula is C14H13N3O3S2. The van der Waals surface area contributed by atoms with E-state index in [-0.39, 0.29) is 4.21 Å². The molecule has 1 N–H and O–H groups in total. The molecule has 0 aliphatic rings. The first-order valence-corrected chi connectivity index (χ1v) is 8.69. The zero-order valence-corrected chi connectivity index (χ0v) is 13.3. The summed E-state index contributed by atoms with van der Waals surface area (Å²) in [7, 11) is -2.23. The minimum atomic E-state index is -3.68. The van der Waals surface area contributed by atoms with Crippen LogP contribution in [0.1, 0.15) is 0 Å². The summed E-state index contributed by atoms with van der Waals surface area (Å²) in [5.41, 5.74) is 1.29. The van der Waals surface area contributed by atoms with Gasteiger partial charge in [-0.2, -0.15) is 0 Å². The summed E-state index contributed by atoms with van der Waals surface area (Å²) in [5, 5.41) is 1.68. The summed E-state index contributed by atoms with van der Waals surface area (Å²) < 4.78 is 34.5. The number of nitrogens with one attached hydrogen (secondary N) is 1. The van der Waals surface area contributed by atoms with Crippen LogP contribution in [-0.2, 0) is 10.0 Å². The number of thiophene rings is 1. The maximum absolute atomic E-state index is 12.4. The number of benzene rings is 1. The van der Waals surface area contributed by atoms with Gasteiger partial charge in [0, 0.05) is 18.1 Å². The normalized spacial score (nSPS) is 11.3. The molecule has 2 aromatic heterocycles. The van der Waals surface area contributed by atoms with Crippen LogP contribution in [0.25, 0.3) is 5.69 Å². The lowest BCUT2D eigenvalue weighted by molar-refractivity contribution is 0.406. The van der Waals surface area contributed by atoms with Gasteiger partial charge in [-0.1, -0.05) is 6.07 Å². The number of aromatic nitrogens is 2. The van der Waals surface area contributed by atoms with Gasteiger partial charge >= 0.3 is 0 Å². The van der Waals surface area contributed by atoms with Crippen molar-refractivity contribution in [3.8, 4) is 11.4 Å². The van der Waals surface area contributed by atoms with Gasteiger partial charge in [-0.15, -0.1) is 11.3 Å². The maximum atomic E-state index is 12.4. The zero-order chi connectivity index (χ0) is 15.6. The van der Waals surface area contributed by atoms with Crippen molar-refractivity contribution in [2.24, 2.45) is 0 Å². The van der Waals surface area contributed by atoms with Crippen molar-refractivity contribution in [2.45, 2.75) is 4.21 Å². The Morgan fingerprint density at radius 1 is 1.32 bits per heavy atom. The summed E-state index contributed by atoms with van der Waals surface area (Å²) in [6.45, 7) is 0. The van der Waals surface area contributed by atoms with Crippen molar-refractivity contribution in [1.82, 2.24) is 9.55 Å². The van der Waals surface area contributed by atoms with Gasteiger partial charge in [-0.05, 0) is 29.6 Å². The van der Waals surface area contributed by atoms with Gasteiger partial charge in [-0.3, -0.25) is 4.72 Å². The molecule has 0 aliphatic heterocycles. The first kappa shape index (κ1) is 14.6. The van der Waals surface area contributed by atoms with Crippen molar-refractivity contribution in [3.05, 3.63) is 54.4 Å². The molecule has 8 heteroatoms. The molecule has 0 radical (unpaired) electrons. The van der Waals surface area contributed by atoms with Crippen molar-refractivity contribution in [2.75, 3.05) is 11.8 Å². The maximum Gasteiger partial charge on any atom is 0.275 e. The van der Waals surface area contributed by atoms with Crippen molar-refractivity contribution < 1.29 is 13.2 Å². The summed E-state index contributed by atoms with van der Waals surface area (Å²) in [4.78, 5) is 3.98. The molecule has 114 valence electrons. The Hall–Kier alpha value is -2.32. The van der Waals surface area contributed by atoms with E-state index in [1.54, 1.807) is 52.9 Å². The Labute approximate surface area is 132 Å². The fourth-order valence-electron chi connectivity index (χ4n) is 1.97. The number of nitrogens with zero attached hydrogens (tertiary/aromatic N) is 2. The Kier molecular flexibility index (Phi) is 3.86. The number of imidazole rings is 1. The molecule has 0 bridgehead atoms. The van der Waals surface area contributed by atoms with Gasteiger partial charge in [0.05, 0.1) is 19.1 Å². The lowest BCUT2D eigenvalue weighted by Gasteiger charge is -2.10. The Bertz CT molecular complexity index is 870. The van der Waals surface area contributed by atoms with E-state index in [9.17, 15) is 8.42 Å². The van der Waals surface area contributed by atoms with Crippen molar-refractivity contribution in [1.29, 1.82) is 0 Å². The minimum Gasteiger partial charge on any atom is -0.494 e. The second-order valence-electron chi connectivity index (χ2n) is 4.40. The molecule has 3 aromatic rings. The highest BCUT2D eigenvalue weighted by Gasteiger charge is 2.21. The number of methoxy groups -OCH3 is 1. The second kappa shape index (κ2) is 5.82. The molecule has 0 atom stereocenters. The van der Waals surface area contributed by atoms with Gasteiger partial charge in [0.15, 0.2) is 4.21 Å². The topological polar surface area (TPSA) is 73.2 Å². The molecule has 3 rings (SSSR count).